The zero-order valence-corrected chi connectivity index (χ0v) is 19.8. The molecule has 1 unspecified atom stereocenters. The van der Waals surface area contributed by atoms with E-state index in [4.69, 9.17) is 21.7 Å². The van der Waals surface area contributed by atoms with Crippen molar-refractivity contribution in [2.75, 3.05) is 17.3 Å². The second kappa shape index (κ2) is 10.00. The van der Waals surface area contributed by atoms with Gasteiger partial charge >= 0.3 is 6.09 Å². The summed E-state index contributed by atoms with van der Waals surface area (Å²) in [6.45, 7) is 5.03. The summed E-state index contributed by atoms with van der Waals surface area (Å²) in [5.41, 5.74) is 1.92. The van der Waals surface area contributed by atoms with Crippen LogP contribution in [0.25, 0.3) is 0 Å². The van der Waals surface area contributed by atoms with Gasteiger partial charge < -0.3 is 14.8 Å². The maximum absolute atomic E-state index is 13.4. The largest absolute Gasteiger partial charge is 0.495 e. The molecule has 1 fully saturated rings. The van der Waals surface area contributed by atoms with Gasteiger partial charge in [-0.1, -0.05) is 0 Å². The van der Waals surface area contributed by atoms with Crippen LogP contribution >= 0.6 is 12.2 Å². The highest BCUT2D eigenvalue weighted by atomic mass is 32.1. The normalized spacial score (nSPS) is 15.9. The third-order valence-corrected chi connectivity index (χ3v) is 4.91. The number of methoxy groups -OCH3 is 1. The van der Waals surface area contributed by atoms with E-state index in [0.717, 1.165) is 9.91 Å². The number of halogens is 1. The number of nitrogens with one attached hydrogen (secondary N) is 2. The Kier molecular flexibility index (Phi) is 7.30. The Balaban J connectivity index is 1.82. The molecule has 0 radical (unpaired) electrons. The molecule has 1 aliphatic heterocycles. The highest BCUT2D eigenvalue weighted by Crippen LogP contribution is 2.27. The summed E-state index contributed by atoms with van der Waals surface area (Å²) in [7, 11) is 1.49. The fourth-order valence-electron chi connectivity index (χ4n) is 3.07. The quantitative estimate of drug-likeness (QED) is 0.596. The van der Waals surface area contributed by atoms with Gasteiger partial charge in [0.1, 0.15) is 29.0 Å². The van der Waals surface area contributed by atoms with Crippen molar-refractivity contribution in [2.45, 2.75) is 38.8 Å². The molecular weight excluding hydrogens is 465 g/mol. The molecule has 0 aliphatic carbocycles. The van der Waals surface area contributed by atoms with E-state index in [9.17, 15) is 18.8 Å². The second-order valence-electron chi connectivity index (χ2n) is 8.27. The molecule has 0 saturated carbocycles. The van der Waals surface area contributed by atoms with Crippen molar-refractivity contribution in [3.63, 3.8) is 0 Å². The van der Waals surface area contributed by atoms with E-state index in [2.05, 4.69) is 15.7 Å². The number of thiocarbonyl (C=S) groups is 1. The smallest absolute Gasteiger partial charge is 0.426 e. The van der Waals surface area contributed by atoms with Gasteiger partial charge in [0, 0.05) is 0 Å². The molecule has 1 atom stereocenters. The molecular formula is C22H24FN5O5S. The number of carbonyl (C=O) groups excluding carboxylic acids is 3. The van der Waals surface area contributed by atoms with E-state index in [-0.39, 0.29) is 23.0 Å². The van der Waals surface area contributed by atoms with Gasteiger partial charge in [0.15, 0.2) is 0 Å². The number of carbonyl (C=O) groups is 3. The van der Waals surface area contributed by atoms with Crippen LogP contribution in [0, 0.1) is 5.82 Å². The minimum absolute atomic E-state index is 0.0946. The lowest BCUT2D eigenvalue weighted by Crippen LogP contribution is -2.51. The SMILES string of the molecule is COc1ccc(NC(=O)CC2C(=O)N(c3ccc(F)cc3)C(=S)N2NC(=O)OC(C)(C)C)nc1. The molecule has 10 nitrogen and oxygen atoms in total. The number of rotatable bonds is 6. The number of nitrogens with zero attached hydrogens (tertiary/aromatic N) is 3. The standard InChI is InChI=1S/C22H24FN5O5S/c1-22(2,3)33-20(31)26-28-16(11-18(29)25-17-10-9-15(32-4)12-24-17)19(30)27(21(28)34)14-7-5-13(23)6-8-14/h5-10,12,16H,11H2,1-4H3,(H,26,31)(H,24,25,29). The number of hydrogen-bond donors (Lipinski definition) is 2. The average Bonchev–Trinajstić information content (AvgIpc) is 2.97. The number of aromatic nitrogens is 1. The number of hydrazine groups is 1. The highest BCUT2D eigenvalue weighted by molar-refractivity contribution is 7.80. The average molecular weight is 490 g/mol. The molecule has 180 valence electrons. The van der Waals surface area contributed by atoms with Crippen LogP contribution in [0.1, 0.15) is 27.2 Å². The van der Waals surface area contributed by atoms with E-state index >= 15 is 0 Å². The molecule has 0 spiro atoms. The van der Waals surface area contributed by atoms with Gasteiger partial charge in [0.2, 0.25) is 11.0 Å². The molecule has 1 aromatic carbocycles. The topological polar surface area (TPSA) is 113 Å². The van der Waals surface area contributed by atoms with E-state index in [1.54, 1.807) is 32.9 Å². The summed E-state index contributed by atoms with van der Waals surface area (Å²) in [5.74, 6) is -0.855. The molecule has 1 aliphatic rings. The first-order chi connectivity index (χ1) is 16.0. The van der Waals surface area contributed by atoms with E-state index in [0.29, 0.717) is 5.75 Å². The van der Waals surface area contributed by atoms with Crippen molar-refractivity contribution in [3.8, 4) is 5.75 Å². The van der Waals surface area contributed by atoms with E-state index in [1.165, 1.54) is 37.6 Å². The van der Waals surface area contributed by atoms with Crippen molar-refractivity contribution in [1.82, 2.24) is 15.4 Å². The molecule has 34 heavy (non-hydrogen) atoms. The summed E-state index contributed by atoms with van der Waals surface area (Å²) in [6.07, 6.45) is 0.212. The number of hydrogen-bond acceptors (Lipinski definition) is 7. The summed E-state index contributed by atoms with van der Waals surface area (Å²) in [4.78, 5) is 43.5. The van der Waals surface area contributed by atoms with Gasteiger partial charge in [0.25, 0.3) is 5.91 Å². The zero-order valence-electron chi connectivity index (χ0n) is 19.0. The molecule has 2 N–H and O–H groups in total. The zero-order chi connectivity index (χ0) is 25.0. The van der Waals surface area contributed by atoms with Crippen LogP contribution in [0.2, 0.25) is 0 Å². The van der Waals surface area contributed by atoms with Gasteiger partial charge in [-0.05, 0) is 69.4 Å². The van der Waals surface area contributed by atoms with Crippen LogP contribution in [0.5, 0.6) is 5.75 Å². The van der Waals surface area contributed by atoms with Crippen LogP contribution in [0.3, 0.4) is 0 Å². The summed E-state index contributed by atoms with van der Waals surface area (Å²) in [5, 5.41) is 3.59. The predicted octanol–water partition coefficient (Wildman–Crippen LogP) is 3.00. The number of amides is 3. The maximum atomic E-state index is 13.4. The first-order valence-electron chi connectivity index (χ1n) is 10.2. The number of ether oxygens (including phenoxy) is 2. The third kappa shape index (κ3) is 5.95. The highest BCUT2D eigenvalue weighted by Gasteiger charge is 2.45. The molecule has 0 bridgehead atoms. The minimum Gasteiger partial charge on any atom is -0.495 e. The lowest BCUT2D eigenvalue weighted by atomic mass is 10.2. The van der Waals surface area contributed by atoms with Crippen molar-refractivity contribution in [3.05, 3.63) is 48.4 Å². The molecule has 1 saturated heterocycles. The van der Waals surface area contributed by atoms with Crippen LogP contribution < -0.4 is 20.4 Å². The third-order valence-electron chi connectivity index (χ3n) is 4.53. The Hall–Kier alpha value is -3.80. The Bertz CT molecular complexity index is 1090. The second-order valence-corrected chi connectivity index (χ2v) is 8.63. The fourth-order valence-corrected chi connectivity index (χ4v) is 3.44. The summed E-state index contributed by atoms with van der Waals surface area (Å²) >= 11 is 5.41. The number of benzene rings is 1. The van der Waals surface area contributed by atoms with E-state index in [1.807, 2.05) is 0 Å². The van der Waals surface area contributed by atoms with Crippen molar-refractivity contribution < 1.29 is 28.2 Å². The molecule has 3 amide bonds. The molecule has 2 aromatic rings. The van der Waals surface area contributed by atoms with Gasteiger partial charge in [0.05, 0.1) is 25.4 Å². The van der Waals surface area contributed by atoms with Crippen LogP contribution in [-0.4, -0.2) is 51.8 Å². The maximum Gasteiger partial charge on any atom is 0.426 e. The van der Waals surface area contributed by atoms with Crippen LogP contribution in [0.15, 0.2) is 42.6 Å². The first-order valence-corrected chi connectivity index (χ1v) is 10.6. The molecule has 1 aromatic heterocycles. The Morgan fingerprint density at radius 3 is 2.41 bits per heavy atom. The fraction of sp³-hybridized carbons (Fsp3) is 0.318. The lowest BCUT2D eigenvalue weighted by Gasteiger charge is -2.26. The predicted molar refractivity (Wildman–Crippen MR) is 126 cm³/mol. The van der Waals surface area contributed by atoms with Gasteiger partial charge in [-0.2, -0.15) is 0 Å². The Labute approximate surface area is 201 Å². The number of anilines is 2. The first kappa shape index (κ1) is 24.8. The van der Waals surface area contributed by atoms with Crippen molar-refractivity contribution in [2.24, 2.45) is 0 Å². The Morgan fingerprint density at radius 2 is 1.85 bits per heavy atom. The monoisotopic (exact) mass is 489 g/mol. The summed E-state index contributed by atoms with van der Waals surface area (Å²) in [6, 6.07) is 7.07. The van der Waals surface area contributed by atoms with Crippen LogP contribution in [-0.2, 0) is 14.3 Å². The molecule has 3 rings (SSSR count). The van der Waals surface area contributed by atoms with Gasteiger partial charge in [-0.15, -0.1) is 0 Å². The Morgan fingerprint density at radius 1 is 1.18 bits per heavy atom. The molecule has 12 heteroatoms. The number of pyridine rings is 1. The van der Waals surface area contributed by atoms with E-state index < -0.39 is 35.4 Å². The minimum atomic E-state index is -1.18. The van der Waals surface area contributed by atoms with Crippen LogP contribution in [0.4, 0.5) is 20.7 Å². The molecule has 2 heterocycles. The van der Waals surface area contributed by atoms with Crippen molar-refractivity contribution >= 4 is 46.7 Å². The van der Waals surface area contributed by atoms with Gasteiger partial charge in [-0.3, -0.25) is 14.5 Å². The lowest BCUT2D eigenvalue weighted by molar-refractivity contribution is -0.125. The van der Waals surface area contributed by atoms with Crippen molar-refractivity contribution in [1.29, 1.82) is 0 Å². The summed E-state index contributed by atoms with van der Waals surface area (Å²) < 4.78 is 23.7. The van der Waals surface area contributed by atoms with Gasteiger partial charge in [-0.25, -0.2) is 24.6 Å².